The normalized spacial score (nSPS) is 35.4. The van der Waals surface area contributed by atoms with E-state index >= 15 is 0 Å². The highest BCUT2D eigenvalue weighted by atomic mass is 15.0. The molecule has 1 heterocycles. The van der Waals surface area contributed by atoms with E-state index in [1.807, 2.05) is 0 Å². The van der Waals surface area contributed by atoms with Gasteiger partial charge >= 0.3 is 0 Å². The van der Waals surface area contributed by atoms with E-state index in [0.717, 1.165) is 11.8 Å². The highest BCUT2D eigenvalue weighted by molar-refractivity contribution is 5.01. The molecule has 1 N–H and O–H groups in total. The Morgan fingerprint density at radius 2 is 1.79 bits per heavy atom. The Morgan fingerprint density at radius 1 is 1.07 bits per heavy atom. The van der Waals surface area contributed by atoms with Gasteiger partial charge in [0, 0.05) is 5.54 Å². The molecule has 0 aromatic carbocycles. The number of hydrogen-bond acceptors (Lipinski definition) is 1. The zero-order chi connectivity index (χ0) is 10.0. The monoisotopic (exact) mass is 195 g/mol. The second-order valence-electron chi connectivity index (χ2n) is 5.56. The molecule has 0 amide bonds. The van der Waals surface area contributed by atoms with Gasteiger partial charge in [-0.05, 0) is 44.1 Å². The van der Waals surface area contributed by atoms with Gasteiger partial charge in [0.2, 0.25) is 0 Å². The van der Waals surface area contributed by atoms with E-state index in [-0.39, 0.29) is 0 Å². The maximum atomic E-state index is 3.84. The van der Waals surface area contributed by atoms with Crippen LogP contribution in [-0.4, -0.2) is 12.1 Å². The van der Waals surface area contributed by atoms with Crippen molar-refractivity contribution in [2.75, 3.05) is 6.54 Å². The molecule has 1 aliphatic carbocycles. The maximum absolute atomic E-state index is 3.84. The van der Waals surface area contributed by atoms with Gasteiger partial charge in [0.05, 0.1) is 0 Å². The summed E-state index contributed by atoms with van der Waals surface area (Å²) in [6.07, 6.45) is 10.2. The Bertz CT molecular complexity index is 174. The van der Waals surface area contributed by atoms with Crippen molar-refractivity contribution in [2.45, 2.75) is 64.3 Å². The van der Waals surface area contributed by atoms with Crippen LogP contribution in [0, 0.1) is 11.8 Å². The third-order valence-corrected chi connectivity index (χ3v) is 4.59. The third-order valence-electron chi connectivity index (χ3n) is 4.59. The van der Waals surface area contributed by atoms with Crippen LogP contribution in [0.5, 0.6) is 0 Å². The summed E-state index contributed by atoms with van der Waals surface area (Å²) in [5.41, 5.74) is 0.514. The van der Waals surface area contributed by atoms with Crippen molar-refractivity contribution in [2.24, 2.45) is 11.8 Å². The molecule has 0 aromatic rings. The molecule has 0 radical (unpaired) electrons. The van der Waals surface area contributed by atoms with E-state index in [0.29, 0.717) is 5.54 Å². The SMILES string of the molecule is CC(C)C1(C2CCCCC2)CCCN1. The minimum Gasteiger partial charge on any atom is -0.311 e. The summed E-state index contributed by atoms with van der Waals surface area (Å²) in [6.45, 7) is 6.08. The third kappa shape index (κ3) is 1.71. The van der Waals surface area contributed by atoms with Crippen LogP contribution in [0.15, 0.2) is 0 Å². The largest absolute Gasteiger partial charge is 0.311 e. The van der Waals surface area contributed by atoms with E-state index in [1.165, 1.54) is 51.5 Å². The fraction of sp³-hybridized carbons (Fsp3) is 1.00. The van der Waals surface area contributed by atoms with Gasteiger partial charge in [0.1, 0.15) is 0 Å². The highest BCUT2D eigenvalue weighted by Crippen LogP contribution is 2.42. The van der Waals surface area contributed by atoms with Crippen LogP contribution < -0.4 is 5.32 Å². The van der Waals surface area contributed by atoms with Gasteiger partial charge in [-0.2, -0.15) is 0 Å². The number of rotatable bonds is 2. The van der Waals surface area contributed by atoms with E-state index in [1.54, 1.807) is 0 Å². The molecule has 1 saturated carbocycles. The molecule has 14 heavy (non-hydrogen) atoms. The first kappa shape index (κ1) is 10.5. The van der Waals surface area contributed by atoms with E-state index in [4.69, 9.17) is 0 Å². The highest BCUT2D eigenvalue weighted by Gasteiger charge is 2.43. The second-order valence-corrected chi connectivity index (χ2v) is 5.56. The molecule has 1 nitrogen and oxygen atoms in total. The quantitative estimate of drug-likeness (QED) is 0.712. The van der Waals surface area contributed by atoms with Crippen molar-refractivity contribution in [1.29, 1.82) is 0 Å². The van der Waals surface area contributed by atoms with E-state index < -0.39 is 0 Å². The van der Waals surface area contributed by atoms with E-state index in [2.05, 4.69) is 19.2 Å². The number of hydrogen-bond donors (Lipinski definition) is 1. The van der Waals surface area contributed by atoms with Crippen LogP contribution in [0.1, 0.15) is 58.8 Å². The molecule has 1 aliphatic heterocycles. The van der Waals surface area contributed by atoms with Crippen LogP contribution in [0.2, 0.25) is 0 Å². The van der Waals surface area contributed by atoms with Crippen molar-refractivity contribution in [3.05, 3.63) is 0 Å². The Morgan fingerprint density at radius 3 is 2.29 bits per heavy atom. The molecule has 1 atom stereocenters. The Balaban J connectivity index is 2.08. The average molecular weight is 195 g/mol. The first-order chi connectivity index (χ1) is 6.76. The topological polar surface area (TPSA) is 12.0 Å². The predicted octanol–water partition coefficient (Wildman–Crippen LogP) is 3.34. The summed E-state index contributed by atoms with van der Waals surface area (Å²) in [4.78, 5) is 0. The lowest BCUT2D eigenvalue weighted by Crippen LogP contribution is -2.51. The van der Waals surface area contributed by atoms with Gasteiger partial charge in [-0.25, -0.2) is 0 Å². The van der Waals surface area contributed by atoms with Crippen LogP contribution in [0.3, 0.4) is 0 Å². The van der Waals surface area contributed by atoms with Crippen molar-refractivity contribution in [3.8, 4) is 0 Å². The van der Waals surface area contributed by atoms with Gasteiger partial charge in [0.25, 0.3) is 0 Å². The molecular formula is C13H25N. The smallest absolute Gasteiger partial charge is 0.0233 e. The van der Waals surface area contributed by atoms with Gasteiger partial charge in [-0.15, -0.1) is 0 Å². The minimum absolute atomic E-state index is 0.514. The summed E-state index contributed by atoms with van der Waals surface area (Å²) in [7, 11) is 0. The standard InChI is InChI=1S/C13H25N/c1-11(2)13(9-6-10-14-13)12-7-4-3-5-8-12/h11-12,14H,3-10H2,1-2H3. The fourth-order valence-electron chi connectivity index (χ4n) is 3.72. The first-order valence-electron chi connectivity index (χ1n) is 6.51. The molecule has 1 unspecified atom stereocenters. The van der Waals surface area contributed by atoms with Crippen LogP contribution >= 0.6 is 0 Å². The Labute approximate surface area is 88.7 Å². The molecule has 2 rings (SSSR count). The van der Waals surface area contributed by atoms with Gasteiger partial charge in [-0.3, -0.25) is 0 Å². The first-order valence-corrected chi connectivity index (χ1v) is 6.51. The summed E-state index contributed by atoms with van der Waals surface area (Å²) >= 11 is 0. The lowest BCUT2D eigenvalue weighted by atomic mass is 9.68. The number of nitrogens with one attached hydrogen (secondary N) is 1. The molecule has 2 aliphatic rings. The van der Waals surface area contributed by atoms with Crippen molar-refractivity contribution in [3.63, 3.8) is 0 Å². The summed E-state index contributed by atoms with van der Waals surface area (Å²) in [5.74, 6) is 1.78. The Hall–Kier alpha value is -0.0400. The molecule has 2 fully saturated rings. The second kappa shape index (κ2) is 4.22. The molecule has 0 aromatic heterocycles. The fourth-order valence-corrected chi connectivity index (χ4v) is 3.72. The molecular weight excluding hydrogens is 170 g/mol. The summed E-state index contributed by atoms with van der Waals surface area (Å²) < 4.78 is 0. The van der Waals surface area contributed by atoms with Gasteiger partial charge < -0.3 is 5.32 Å². The average Bonchev–Trinajstić information content (AvgIpc) is 2.69. The van der Waals surface area contributed by atoms with Crippen molar-refractivity contribution >= 4 is 0 Å². The Kier molecular flexibility index (Phi) is 3.16. The lowest BCUT2D eigenvalue weighted by Gasteiger charge is -2.43. The van der Waals surface area contributed by atoms with Crippen LogP contribution in [-0.2, 0) is 0 Å². The maximum Gasteiger partial charge on any atom is 0.0233 e. The zero-order valence-electron chi connectivity index (χ0n) is 9.81. The summed E-state index contributed by atoms with van der Waals surface area (Å²) in [5, 5.41) is 3.84. The molecule has 1 saturated heterocycles. The molecule has 0 spiro atoms. The van der Waals surface area contributed by atoms with Crippen molar-refractivity contribution < 1.29 is 0 Å². The predicted molar refractivity (Wildman–Crippen MR) is 61.4 cm³/mol. The van der Waals surface area contributed by atoms with Gasteiger partial charge in [0.15, 0.2) is 0 Å². The zero-order valence-corrected chi connectivity index (χ0v) is 9.81. The summed E-state index contributed by atoms with van der Waals surface area (Å²) in [6, 6.07) is 0. The molecule has 0 bridgehead atoms. The van der Waals surface area contributed by atoms with Gasteiger partial charge in [-0.1, -0.05) is 33.1 Å². The minimum atomic E-state index is 0.514. The van der Waals surface area contributed by atoms with Crippen LogP contribution in [0.25, 0.3) is 0 Å². The van der Waals surface area contributed by atoms with Crippen LogP contribution in [0.4, 0.5) is 0 Å². The van der Waals surface area contributed by atoms with Crippen molar-refractivity contribution in [1.82, 2.24) is 5.32 Å². The molecule has 82 valence electrons. The lowest BCUT2D eigenvalue weighted by molar-refractivity contribution is 0.129. The van der Waals surface area contributed by atoms with E-state index in [9.17, 15) is 0 Å². The molecule has 1 heteroatoms.